The van der Waals surface area contributed by atoms with Crippen molar-refractivity contribution in [3.8, 4) is 5.75 Å². The first-order valence-corrected chi connectivity index (χ1v) is 7.50. The molecule has 0 fully saturated rings. The highest BCUT2D eigenvalue weighted by atomic mass is 16.5. The van der Waals surface area contributed by atoms with Crippen molar-refractivity contribution in [2.75, 3.05) is 32.2 Å². The second-order valence-corrected chi connectivity index (χ2v) is 5.14. The van der Waals surface area contributed by atoms with Gasteiger partial charge in [0.05, 0.1) is 19.3 Å². The molecule has 6 nitrogen and oxygen atoms in total. The van der Waals surface area contributed by atoms with Crippen molar-refractivity contribution in [3.63, 3.8) is 0 Å². The minimum atomic E-state index is -0.339. The summed E-state index contributed by atoms with van der Waals surface area (Å²) in [5.74, 6) is 0.870. The van der Waals surface area contributed by atoms with Crippen LogP contribution in [0.15, 0.2) is 24.3 Å². The standard InChI is InChI=1S/C16H26N2O4/c1-4-12(2)15(11-19)18-16(20)17-13-6-5-7-14(10-13)22-9-8-21-3/h5-7,10,12,15,19H,4,8-9,11H2,1-3H3,(H2,17,18,20)/t12-,15+/m0/s1. The molecule has 0 aliphatic rings. The van der Waals surface area contributed by atoms with E-state index in [0.717, 1.165) is 6.42 Å². The molecule has 6 heteroatoms. The number of aliphatic hydroxyl groups is 1. The van der Waals surface area contributed by atoms with Crippen LogP contribution in [0.2, 0.25) is 0 Å². The topological polar surface area (TPSA) is 79.8 Å². The first-order chi connectivity index (χ1) is 10.6. The number of hydrogen-bond acceptors (Lipinski definition) is 4. The lowest BCUT2D eigenvalue weighted by atomic mass is 10.0. The van der Waals surface area contributed by atoms with E-state index in [1.807, 2.05) is 19.9 Å². The van der Waals surface area contributed by atoms with Crippen LogP contribution in [0.1, 0.15) is 20.3 Å². The van der Waals surface area contributed by atoms with Crippen molar-refractivity contribution >= 4 is 11.7 Å². The van der Waals surface area contributed by atoms with Gasteiger partial charge < -0.3 is 25.2 Å². The highest BCUT2D eigenvalue weighted by Crippen LogP contribution is 2.17. The van der Waals surface area contributed by atoms with Gasteiger partial charge in [0, 0.05) is 18.9 Å². The fraction of sp³-hybridized carbons (Fsp3) is 0.562. The van der Waals surface area contributed by atoms with Gasteiger partial charge >= 0.3 is 6.03 Å². The molecule has 0 spiro atoms. The van der Waals surface area contributed by atoms with E-state index in [1.54, 1.807) is 25.3 Å². The van der Waals surface area contributed by atoms with Crippen LogP contribution in [0.3, 0.4) is 0 Å². The molecule has 0 aromatic heterocycles. The van der Waals surface area contributed by atoms with Crippen molar-refractivity contribution in [2.24, 2.45) is 5.92 Å². The summed E-state index contributed by atoms with van der Waals surface area (Å²) in [6, 6.07) is 6.54. The molecule has 2 amide bonds. The zero-order valence-corrected chi connectivity index (χ0v) is 13.5. The number of nitrogens with one attached hydrogen (secondary N) is 2. The molecule has 0 saturated heterocycles. The van der Waals surface area contributed by atoms with Gasteiger partial charge in [0.2, 0.25) is 0 Å². The zero-order chi connectivity index (χ0) is 16.4. The smallest absolute Gasteiger partial charge is 0.319 e. The zero-order valence-electron chi connectivity index (χ0n) is 13.5. The number of methoxy groups -OCH3 is 1. The minimum Gasteiger partial charge on any atom is -0.491 e. The van der Waals surface area contributed by atoms with E-state index in [2.05, 4.69) is 10.6 Å². The van der Waals surface area contributed by atoms with E-state index in [1.165, 1.54) is 0 Å². The molecule has 2 atom stereocenters. The Bertz CT molecular complexity index is 454. The number of benzene rings is 1. The van der Waals surface area contributed by atoms with Crippen LogP contribution >= 0.6 is 0 Å². The van der Waals surface area contributed by atoms with Gasteiger partial charge in [0.15, 0.2) is 0 Å². The van der Waals surface area contributed by atoms with Crippen LogP contribution in [0.5, 0.6) is 5.75 Å². The largest absolute Gasteiger partial charge is 0.491 e. The number of ether oxygens (including phenoxy) is 2. The maximum atomic E-state index is 12.0. The lowest BCUT2D eigenvalue weighted by molar-refractivity contribution is 0.146. The van der Waals surface area contributed by atoms with Gasteiger partial charge in [0.25, 0.3) is 0 Å². The van der Waals surface area contributed by atoms with E-state index in [0.29, 0.717) is 24.7 Å². The number of carbonyl (C=O) groups is 1. The second kappa shape index (κ2) is 10.0. The van der Waals surface area contributed by atoms with Gasteiger partial charge in [-0.25, -0.2) is 4.79 Å². The lowest BCUT2D eigenvalue weighted by Crippen LogP contribution is -2.43. The number of rotatable bonds is 9. The van der Waals surface area contributed by atoms with E-state index in [-0.39, 0.29) is 24.6 Å². The molecule has 0 aliphatic heterocycles. The van der Waals surface area contributed by atoms with E-state index in [4.69, 9.17) is 9.47 Å². The van der Waals surface area contributed by atoms with Crippen molar-refractivity contribution in [2.45, 2.75) is 26.3 Å². The molecule has 3 N–H and O–H groups in total. The Labute approximate surface area is 131 Å². The van der Waals surface area contributed by atoms with E-state index in [9.17, 15) is 9.90 Å². The van der Waals surface area contributed by atoms with E-state index < -0.39 is 0 Å². The summed E-state index contributed by atoms with van der Waals surface area (Å²) in [4.78, 5) is 12.0. The monoisotopic (exact) mass is 310 g/mol. The van der Waals surface area contributed by atoms with Gasteiger partial charge in [-0.15, -0.1) is 0 Å². The number of anilines is 1. The predicted octanol–water partition coefficient (Wildman–Crippen LogP) is 2.24. The van der Waals surface area contributed by atoms with E-state index >= 15 is 0 Å². The molecule has 0 heterocycles. The average molecular weight is 310 g/mol. The van der Waals surface area contributed by atoms with Gasteiger partial charge in [-0.05, 0) is 18.1 Å². The third-order valence-electron chi connectivity index (χ3n) is 3.49. The molecule has 0 saturated carbocycles. The molecular weight excluding hydrogens is 284 g/mol. The molecule has 0 bridgehead atoms. The maximum absolute atomic E-state index is 12.0. The van der Waals surface area contributed by atoms with Crippen LogP contribution in [-0.2, 0) is 4.74 Å². The van der Waals surface area contributed by atoms with Crippen LogP contribution in [-0.4, -0.2) is 44.1 Å². The lowest BCUT2D eigenvalue weighted by Gasteiger charge is -2.22. The molecule has 22 heavy (non-hydrogen) atoms. The highest BCUT2D eigenvalue weighted by Gasteiger charge is 2.17. The Balaban J connectivity index is 2.54. The quantitative estimate of drug-likeness (QED) is 0.611. The minimum absolute atomic E-state index is 0.0808. The fourth-order valence-corrected chi connectivity index (χ4v) is 1.89. The summed E-state index contributed by atoms with van der Waals surface area (Å²) in [5, 5.41) is 14.9. The summed E-state index contributed by atoms with van der Waals surface area (Å²) >= 11 is 0. The Hall–Kier alpha value is -1.79. The Morgan fingerprint density at radius 2 is 2.14 bits per heavy atom. The van der Waals surface area contributed by atoms with Gasteiger partial charge in [-0.1, -0.05) is 26.3 Å². The molecule has 1 aromatic carbocycles. The van der Waals surface area contributed by atoms with Crippen molar-refractivity contribution in [3.05, 3.63) is 24.3 Å². The van der Waals surface area contributed by atoms with Crippen LogP contribution in [0.4, 0.5) is 10.5 Å². The number of amides is 2. The summed E-state index contributed by atoms with van der Waals surface area (Å²) < 4.78 is 10.4. The molecule has 0 radical (unpaired) electrons. The van der Waals surface area contributed by atoms with Gasteiger partial charge in [-0.3, -0.25) is 0 Å². The van der Waals surface area contributed by atoms with Crippen molar-refractivity contribution in [1.82, 2.24) is 5.32 Å². The molecule has 0 aliphatic carbocycles. The third-order valence-corrected chi connectivity index (χ3v) is 3.49. The Morgan fingerprint density at radius 3 is 2.77 bits per heavy atom. The Morgan fingerprint density at radius 1 is 1.36 bits per heavy atom. The first-order valence-electron chi connectivity index (χ1n) is 7.50. The van der Waals surface area contributed by atoms with Gasteiger partial charge in [0.1, 0.15) is 12.4 Å². The fourth-order valence-electron chi connectivity index (χ4n) is 1.89. The predicted molar refractivity (Wildman–Crippen MR) is 86.3 cm³/mol. The summed E-state index contributed by atoms with van der Waals surface area (Å²) in [6.45, 7) is 4.89. The van der Waals surface area contributed by atoms with Crippen LogP contribution in [0, 0.1) is 5.92 Å². The molecule has 1 rings (SSSR count). The number of hydrogen-bond donors (Lipinski definition) is 3. The van der Waals surface area contributed by atoms with Crippen molar-refractivity contribution < 1.29 is 19.4 Å². The molecule has 124 valence electrons. The third kappa shape index (κ3) is 6.32. The first kappa shape index (κ1) is 18.3. The Kier molecular flexibility index (Phi) is 8.32. The molecule has 0 unspecified atom stereocenters. The number of aliphatic hydroxyl groups excluding tert-OH is 1. The highest BCUT2D eigenvalue weighted by molar-refractivity contribution is 5.89. The second-order valence-electron chi connectivity index (χ2n) is 5.14. The van der Waals surface area contributed by atoms with Crippen molar-refractivity contribution in [1.29, 1.82) is 0 Å². The summed E-state index contributed by atoms with van der Waals surface area (Å²) in [6.07, 6.45) is 0.883. The summed E-state index contributed by atoms with van der Waals surface area (Å²) in [5.41, 5.74) is 0.633. The average Bonchev–Trinajstić information content (AvgIpc) is 2.52. The number of urea groups is 1. The number of carbonyl (C=O) groups excluding carboxylic acids is 1. The summed E-state index contributed by atoms with van der Waals surface area (Å²) in [7, 11) is 1.61. The molecular formula is C16H26N2O4. The maximum Gasteiger partial charge on any atom is 0.319 e. The van der Waals surface area contributed by atoms with Crippen LogP contribution < -0.4 is 15.4 Å². The van der Waals surface area contributed by atoms with Gasteiger partial charge in [-0.2, -0.15) is 0 Å². The molecule has 1 aromatic rings. The normalized spacial score (nSPS) is 13.3. The van der Waals surface area contributed by atoms with Crippen LogP contribution in [0.25, 0.3) is 0 Å². The SMILES string of the molecule is CC[C@H](C)[C@@H](CO)NC(=O)Nc1cccc(OCCOC)c1.